The molecule has 6 heteroatoms. The van der Waals surface area contributed by atoms with E-state index in [1.807, 2.05) is 13.0 Å². The van der Waals surface area contributed by atoms with Gasteiger partial charge in [-0.3, -0.25) is 4.68 Å². The lowest BCUT2D eigenvalue weighted by molar-refractivity contribution is 0.296. The molecule has 1 aromatic heterocycles. The van der Waals surface area contributed by atoms with Crippen LogP contribution in [0.25, 0.3) is 0 Å². The van der Waals surface area contributed by atoms with Crippen LogP contribution in [0.1, 0.15) is 17.0 Å². The summed E-state index contributed by atoms with van der Waals surface area (Å²) in [5.41, 5.74) is 8.28. The van der Waals surface area contributed by atoms with Gasteiger partial charge < -0.3 is 10.5 Å². The van der Waals surface area contributed by atoms with Gasteiger partial charge in [0.15, 0.2) is 0 Å². The van der Waals surface area contributed by atoms with Gasteiger partial charge in [-0.25, -0.2) is 0 Å². The standard InChI is InChI=1S/C13H13ClN4O/c1-8-13(14)11(18(2)17-8)7-19-12-4-3-9(6-15)5-10(12)16/h3-5H,7,16H2,1-2H3. The van der Waals surface area contributed by atoms with Crippen molar-refractivity contribution < 1.29 is 4.74 Å². The molecule has 0 aliphatic carbocycles. The predicted molar refractivity (Wildman–Crippen MR) is 72.9 cm³/mol. The number of rotatable bonds is 3. The molecule has 2 N–H and O–H groups in total. The highest BCUT2D eigenvalue weighted by atomic mass is 35.5. The topological polar surface area (TPSA) is 76.9 Å². The maximum atomic E-state index is 8.76. The number of aromatic nitrogens is 2. The fraction of sp³-hybridized carbons (Fsp3) is 0.231. The molecule has 2 rings (SSSR count). The number of nitrogen functional groups attached to an aromatic ring is 1. The molecule has 0 radical (unpaired) electrons. The average molecular weight is 277 g/mol. The third-order valence-corrected chi connectivity index (χ3v) is 3.26. The van der Waals surface area contributed by atoms with Crippen LogP contribution in [0.2, 0.25) is 5.02 Å². The molecule has 0 aliphatic rings. The zero-order valence-electron chi connectivity index (χ0n) is 10.6. The molecule has 0 saturated carbocycles. The lowest BCUT2D eigenvalue weighted by Gasteiger charge is -2.09. The highest BCUT2D eigenvalue weighted by molar-refractivity contribution is 6.31. The molecular weight excluding hydrogens is 264 g/mol. The molecule has 5 nitrogen and oxygen atoms in total. The first kappa shape index (κ1) is 13.2. The summed E-state index contributed by atoms with van der Waals surface area (Å²) in [4.78, 5) is 0. The molecule has 0 amide bonds. The third-order valence-electron chi connectivity index (χ3n) is 2.76. The quantitative estimate of drug-likeness (QED) is 0.874. The first-order valence-electron chi connectivity index (χ1n) is 5.63. The van der Waals surface area contributed by atoms with E-state index in [0.29, 0.717) is 22.0 Å². The Kier molecular flexibility index (Phi) is 3.63. The summed E-state index contributed by atoms with van der Waals surface area (Å²) in [5.74, 6) is 0.522. The number of ether oxygens (including phenoxy) is 1. The molecular formula is C13H13ClN4O. The van der Waals surface area contributed by atoms with E-state index in [-0.39, 0.29) is 6.61 Å². The Balaban J connectivity index is 2.17. The second-order valence-corrected chi connectivity index (χ2v) is 4.50. The third kappa shape index (κ3) is 2.64. The Morgan fingerprint density at radius 3 is 2.79 bits per heavy atom. The zero-order chi connectivity index (χ0) is 14.0. The van der Waals surface area contributed by atoms with Crippen LogP contribution in [0, 0.1) is 18.3 Å². The van der Waals surface area contributed by atoms with Crippen molar-refractivity contribution in [2.45, 2.75) is 13.5 Å². The molecule has 1 aromatic carbocycles. The van der Waals surface area contributed by atoms with Gasteiger partial charge in [0.2, 0.25) is 0 Å². The molecule has 1 heterocycles. The first-order chi connectivity index (χ1) is 9.02. The Hall–Kier alpha value is -2.19. The number of anilines is 1. The predicted octanol–water partition coefficient (Wildman–Crippen LogP) is 2.41. The Morgan fingerprint density at radius 2 is 2.26 bits per heavy atom. The van der Waals surface area contributed by atoms with Crippen LogP contribution in [0.3, 0.4) is 0 Å². The fourth-order valence-corrected chi connectivity index (χ4v) is 1.95. The van der Waals surface area contributed by atoms with E-state index >= 15 is 0 Å². The van der Waals surface area contributed by atoms with Gasteiger partial charge in [-0.05, 0) is 25.1 Å². The lowest BCUT2D eigenvalue weighted by atomic mass is 10.2. The number of aryl methyl sites for hydroxylation is 2. The minimum atomic E-state index is 0.270. The van der Waals surface area contributed by atoms with Crippen molar-refractivity contribution in [3.05, 3.63) is 40.2 Å². The summed E-state index contributed by atoms with van der Waals surface area (Å²) in [7, 11) is 1.81. The summed E-state index contributed by atoms with van der Waals surface area (Å²) in [6, 6.07) is 6.92. The van der Waals surface area contributed by atoms with E-state index in [1.54, 1.807) is 29.9 Å². The summed E-state index contributed by atoms with van der Waals surface area (Å²) >= 11 is 6.13. The van der Waals surface area contributed by atoms with Crippen molar-refractivity contribution in [2.24, 2.45) is 7.05 Å². The van der Waals surface area contributed by atoms with E-state index in [2.05, 4.69) is 5.10 Å². The molecule has 0 atom stereocenters. The van der Waals surface area contributed by atoms with Gasteiger partial charge in [-0.1, -0.05) is 11.6 Å². The zero-order valence-corrected chi connectivity index (χ0v) is 11.4. The molecule has 2 aromatic rings. The number of benzene rings is 1. The normalized spacial score (nSPS) is 10.2. The molecule has 19 heavy (non-hydrogen) atoms. The van der Waals surface area contributed by atoms with Gasteiger partial charge in [0.05, 0.1) is 33.7 Å². The Bertz CT molecular complexity index is 657. The van der Waals surface area contributed by atoms with Gasteiger partial charge in [-0.15, -0.1) is 0 Å². The van der Waals surface area contributed by atoms with Crippen LogP contribution in [0.4, 0.5) is 5.69 Å². The number of halogens is 1. The molecule has 0 spiro atoms. The molecule has 0 fully saturated rings. The number of hydrogen-bond donors (Lipinski definition) is 1. The average Bonchev–Trinajstić information content (AvgIpc) is 2.62. The fourth-order valence-electron chi connectivity index (χ4n) is 1.73. The second kappa shape index (κ2) is 5.21. The van der Waals surface area contributed by atoms with E-state index in [0.717, 1.165) is 11.4 Å². The minimum absolute atomic E-state index is 0.270. The van der Waals surface area contributed by atoms with Crippen LogP contribution < -0.4 is 10.5 Å². The van der Waals surface area contributed by atoms with Crippen LogP contribution in [-0.4, -0.2) is 9.78 Å². The van der Waals surface area contributed by atoms with Gasteiger partial charge in [0, 0.05) is 7.05 Å². The highest BCUT2D eigenvalue weighted by Gasteiger charge is 2.12. The van der Waals surface area contributed by atoms with Crippen molar-refractivity contribution in [3.63, 3.8) is 0 Å². The van der Waals surface area contributed by atoms with Gasteiger partial charge >= 0.3 is 0 Å². The largest absolute Gasteiger partial charge is 0.485 e. The SMILES string of the molecule is Cc1nn(C)c(COc2ccc(C#N)cc2N)c1Cl. The van der Waals surface area contributed by atoms with E-state index in [9.17, 15) is 0 Å². The summed E-state index contributed by atoms with van der Waals surface area (Å²) < 4.78 is 7.30. The van der Waals surface area contributed by atoms with E-state index in [1.165, 1.54) is 0 Å². The number of nitriles is 1. The molecule has 0 unspecified atom stereocenters. The lowest BCUT2D eigenvalue weighted by Crippen LogP contribution is -2.05. The molecule has 98 valence electrons. The maximum Gasteiger partial charge on any atom is 0.142 e. The van der Waals surface area contributed by atoms with Gasteiger partial charge in [0.25, 0.3) is 0 Å². The highest BCUT2D eigenvalue weighted by Crippen LogP contribution is 2.25. The number of nitrogens with two attached hydrogens (primary N) is 1. The summed E-state index contributed by atoms with van der Waals surface area (Å²) in [6.07, 6.45) is 0. The van der Waals surface area contributed by atoms with Crippen LogP contribution >= 0.6 is 11.6 Å². The maximum absolute atomic E-state index is 8.76. The minimum Gasteiger partial charge on any atom is -0.485 e. The Labute approximate surface area is 116 Å². The number of nitrogens with zero attached hydrogens (tertiary/aromatic N) is 3. The van der Waals surface area contributed by atoms with E-state index < -0.39 is 0 Å². The van der Waals surface area contributed by atoms with Crippen molar-refractivity contribution in [2.75, 3.05) is 5.73 Å². The number of hydrogen-bond acceptors (Lipinski definition) is 4. The molecule has 0 bridgehead atoms. The van der Waals surface area contributed by atoms with Crippen molar-refractivity contribution >= 4 is 17.3 Å². The van der Waals surface area contributed by atoms with Gasteiger partial charge in [-0.2, -0.15) is 10.4 Å². The summed E-state index contributed by atoms with van der Waals surface area (Å²) in [5, 5.41) is 13.6. The van der Waals surface area contributed by atoms with Crippen molar-refractivity contribution in [3.8, 4) is 11.8 Å². The molecule has 0 saturated heterocycles. The first-order valence-corrected chi connectivity index (χ1v) is 6.01. The van der Waals surface area contributed by atoms with E-state index in [4.69, 9.17) is 27.3 Å². The summed E-state index contributed by atoms with van der Waals surface area (Å²) in [6.45, 7) is 2.11. The second-order valence-electron chi connectivity index (χ2n) is 4.12. The monoisotopic (exact) mass is 276 g/mol. The van der Waals surface area contributed by atoms with Crippen LogP contribution in [0.15, 0.2) is 18.2 Å². The van der Waals surface area contributed by atoms with Crippen LogP contribution in [0.5, 0.6) is 5.75 Å². The van der Waals surface area contributed by atoms with Crippen molar-refractivity contribution in [1.29, 1.82) is 5.26 Å². The Morgan fingerprint density at radius 1 is 1.53 bits per heavy atom. The molecule has 0 aliphatic heterocycles. The smallest absolute Gasteiger partial charge is 0.142 e. The van der Waals surface area contributed by atoms with Crippen LogP contribution in [-0.2, 0) is 13.7 Å². The van der Waals surface area contributed by atoms with Crippen molar-refractivity contribution in [1.82, 2.24) is 9.78 Å². The van der Waals surface area contributed by atoms with Gasteiger partial charge in [0.1, 0.15) is 12.4 Å².